The maximum atomic E-state index is 12.2. The zero-order valence-electron chi connectivity index (χ0n) is 10.8. The number of anilines is 1. The van der Waals surface area contributed by atoms with E-state index >= 15 is 0 Å². The first-order valence-electron chi connectivity index (χ1n) is 7.08. The standard InChI is InChI=1S/C13H18N4OS/c18-11(15-9-2-1-3-9)10-6-13(10)4-5-17(7-13)12-16-14-8-19-12/h8-10H,1-7H2,(H,15,18)/t10-,13-/m1/s1. The van der Waals surface area contributed by atoms with Crippen molar-refractivity contribution in [2.75, 3.05) is 18.0 Å². The minimum atomic E-state index is 0.236. The number of nitrogens with zero attached hydrogens (tertiary/aromatic N) is 3. The van der Waals surface area contributed by atoms with Crippen LogP contribution in [0.25, 0.3) is 0 Å². The fourth-order valence-corrected chi connectivity index (χ4v) is 3.98. The van der Waals surface area contributed by atoms with Crippen LogP contribution >= 0.6 is 11.3 Å². The highest BCUT2D eigenvalue weighted by atomic mass is 32.1. The Morgan fingerprint density at radius 2 is 2.42 bits per heavy atom. The minimum Gasteiger partial charge on any atom is -0.353 e. The Morgan fingerprint density at radius 1 is 1.53 bits per heavy atom. The molecular formula is C13H18N4OS. The van der Waals surface area contributed by atoms with E-state index < -0.39 is 0 Å². The second-order valence-electron chi connectivity index (χ2n) is 6.15. The minimum absolute atomic E-state index is 0.236. The van der Waals surface area contributed by atoms with Crippen molar-refractivity contribution in [3.05, 3.63) is 5.51 Å². The predicted molar refractivity (Wildman–Crippen MR) is 73.1 cm³/mol. The van der Waals surface area contributed by atoms with Crippen molar-refractivity contribution in [1.29, 1.82) is 0 Å². The summed E-state index contributed by atoms with van der Waals surface area (Å²) in [5, 5.41) is 12.2. The quantitative estimate of drug-likeness (QED) is 0.908. The average Bonchev–Trinajstić information content (AvgIpc) is 2.76. The van der Waals surface area contributed by atoms with E-state index in [4.69, 9.17) is 0 Å². The topological polar surface area (TPSA) is 58.1 Å². The molecule has 19 heavy (non-hydrogen) atoms. The normalized spacial score (nSPS) is 33.5. The van der Waals surface area contributed by atoms with Crippen LogP contribution in [0.15, 0.2) is 5.51 Å². The Balaban J connectivity index is 1.37. The molecule has 0 unspecified atom stereocenters. The van der Waals surface area contributed by atoms with E-state index in [-0.39, 0.29) is 11.3 Å². The summed E-state index contributed by atoms with van der Waals surface area (Å²) in [6, 6.07) is 0.464. The molecule has 4 rings (SSSR count). The van der Waals surface area contributed by atoms with Crippen LogP contribution in [-0.4, -0.2) is 35.2 Å². The van der Waals surface area contributed by atoms with E-state index in [9.17, 15) is 4.79 Å². The first kappa shape index (κ1) is 11.6. The highest BCUT2D eigenvalue weighted by Gasteiger charge is 2.61. The van der Waals surface area contributed by atoms with Gasteiger partial charge in [-0.25, -0.2) is 0 Å². The van der Waals surface area contributed by atoms with Crippen LogP contribution < -0.4 is 10.2 Å². The molecule has 0 bridgehead atoms. The van der Waals surface area contributed by atoms with Gasteiger partial charge < -0.3 is 10.2 Å². The molecule has 5 nitrogen and oxygen atoms in total. The van der Waals surface area contributed by atoms with Crippen LogP contribution in [0.3, 0.4) is 0 Å². The number of aromatic nitrogens is 2. The first-order chi connectivity index (χ1) is 9.27. The highest BCUT2D eigenvalue weighted by molar-refractivity contribution is 7.13. The zero-order chi connectivity index (χ0) is 12.9. The summed E-state index contributed by atoms with van der Waals surface area (Å²) in [5.41, 5.74) is 2.01. The van der Waals surface area contributed by atoms with Gasteiger partial charge in [-0.2, -0.15) is 0 Å². The van der Waals surface area contributed by atoms with Crippen molar-refractivity contribution >= 4 is 22.4 Å². The Hall–Kier alpha value is -1.17. The first-order valence-corrected chi connectivity index (χ1v) is 7.96. The van der Waals surface area contributed by atoms with E-state index in [0.29, 0.717) is 11.9 Å². The molecule has 1 N–H and O–H groups in total. The van der Waals surface area contributed by atoms with Crippen LogP contribution in [0.5, 0.6) is 0 Å². The molecule has 6 heteroatoms. The highest BCUT2D eigenvalue weighted by Crippen LogP contribution is 2.59. The summed E-state index contributed by atoms with van der Waals surface area (Å²) >= 11 is 1.58. The van der Waals surface area contributed by atoms with Crippen LogP contribution in [0.4, 0.5) is 5.13 Å². The molecule has 3 fully saturated rings. The summed E-state index contributed by atoms with van der Waals surface area (Å²) in [6.07, 6.45) is 5.78. The van der Waals surface area contributed by atoms with Gasteiger partial charge in [0.15, 0.2) is 0 Å². The van der Waals surface area contributed by atoms with E-state index in [1.54, 1.807) is 16.8 Å². The molecule has 1 aromatic heterocycles. The maximum absolute atomic E-state index is 12.2. The van der Waals surface area contributed by atoms with Crippen molar-refractivity contribution < 1.29 is 4.79 Å². The van der Waals surface area contributed by atoms with Crippen molar-refractivity contribution in [3.8, 4) is 0 Å². The van der Waals surface area contributed by atoms with E-state index in [1.807, 2.05) is 0 Å². The number of carbonyl (C=O) groups is 1. The van der Waals surface area contributed by atoms with E-state index in [1.165, 1.54) is 19.3 Å². The smallest absolute Gasteiger partial charge is 0.223 e. The fraction of sp³-hybridized carbons (Fsp3) is 0.769. The van der Waals surface area contributed by atoms with Gasteiger partial charge in [0, 0.05) is 30.5 Å². The van der Waals surface area contributed by atoms with E-state index in [0.717, 1.165) is 31.1 Å². The number of hydrogen-bond acceptors (Lipinski definition) is 5. The van der Waals surface area contributed by atoms with Gasteiger partial charge in [-0.3, -0.25) is 4.79 Å². The summed E-state index contributed by atoms with van der Waals surface area (Å²) in [7, 11) is 0. The summed E-state index contributed by atoms with van der Waals surface area (Å²) in [5.74, 6) is 0.537. The molecule has 2 aliphatic carbocycles. The molecule has 0 radical (unpaired) electrons. The third kappa shape index (κ3) is 1.93. The fourth-order valence-electron chi connectivity index (χ4n) is 3.39. The van der Waals surface area contributed by atoms with Gasteiger partial charge in [0.2, 0.25) is 11.0 Å². The Kier molecular flexibility index (Phi) is 2.55. The van der Waals surface area contributed by atoms with Gasteiger partial charge in [0.1, 0.15) is 5.51 Å². The van der Waals surface area contributed by atoms with Gasteiger partial charge >= 0.3 is 0 Å². The lowest BCUT2D eigenvalue weighted by molar-refractivity contribution is -0.124. The summed E-state index contributed by atoms with van der Waals surface area (Å²) in [6.45, 7) is 1.99. The Bertz CT molecular complexity index is 487. The maximum Gasteiger partial charge on any atom is 0.223 e. The third-order valence-corrected chi connectivity index (χ3v) is 5.71. The number of hydrogen-bond donors (Lipinski definition) is 1. The summed E-state index contributed by atoms with van der Waals surface area (Å²) in [4.78, 5) is 14.5. The number of carbonyl (C=O) groups excluding carboxylic acids is 1. The molecule has 2 saturated carbocycles. The van der Waals surface area contributed by atoms with Gasteiger partial charge in [0.05, 0.1) is 0 Å². The molecular weight excluding hydrogens is 260 g/mol. The number of nitrogens with one attached hydrogen (secondary N) is 1. The van der Waals surface area contributed by atoms with Crippen molar-refractivity contribution in [3.63, 3.8) is 0 Å². The van der Waals surface area contributed by atoms with E-state index in [2.05, 4.69) is 20.4 Å². The van der Waals surface area contributed by atoms with Gasteiger partial charge in [0.25, 0.3) is 0 Å². The lowest BCUT2D eigenvalue weighted by Gasteiger charge is -2.26. The predicted octanol–water partition coefficient (Wildman–Crippen LogP) is 1.42. The molecule has 1 aliphatic heterocycles. The molecule has 1 aromatic rings. The SMILES string of the molecule is O=C(NC1CCC1)[C@H]1C[C@@]12CCN(c1nncs1)C2. The molecule has 1 amide bonds. The lowest BCUT2D eigenvalue weighted by atomic mass is 9.92. The zero-order valence-corrected chi connectivity index (χ0v) is 11.7. The molecule has 1 spiro atoms. The molecule has 3 aliphatic rings. The molecule has 1 saturated heterocycles. The third-order valence-electron chi connectivity index (χ3n) is 4.96. The molecule has 0 aromatic carbocycles. The molecule has 2 atom stereocenters. The van der Waals surface area contributed by atoms with Crippen LogP contribution in [0.2, 0.25) is 0 Å². The van der Waals surface area contributed by atoms with Crippen LogP contribution in [0, 0.1) is 11.3 Å². The second kappa shape index (κ2) is 4.16. The van der Waals surface area contributed by atoms with Crippen molar-refractivity contribution in [2.24, 2.45) is 11.3 Å². The summed E-state index contributed by atoms with van der Waals surface area (Å²) < 4.78 is 0. The Labute approximate surface area is 116 Å². The van der Waals surface area contributed by atoms with Gasteiger partial charge in [-0.05, 0) is 32.1 Å². The monoisotopic (exact) mass is 278 g/mol. The van der Waals surface area contributed by atoms with Gasteiger partial charge in [-0.1, -0.05) is 11.3 Å². The number of amides is 1. The molecule has 102 valence electrons. The lowest BCUT2D eigenvalue weighted by Crippen LogP contribution is -2.41. The largest absolute Gasteiger partial charge is 0.353 e. The van der Waals surface area contributed by atoms with Gasteiger partial charge in [-0.15, -0.1) is 10.2 Å². The molecule has 2 heterocycles. The van der Waals surface area contributed by atoms with Crippen molar-refractivity contribution in [2.45, 2.75) is 38.1 Å². The van der Waals surface area contributed by atoms with Crippen molar-refractivity contribution in [1.82, 2.24) is 15.5 Å². The Morgan fingerprint density at radius 3 is 3.11 bits per heavy atom. The second-order valence-corrected chi connectivity index (χ2v) is 6.96. The van der Waals surface area contributed by atoms with Crippen LogP contribution in [-0.2, 0) is 4.79 Å². The number of rotatable bonds is 3. The average molecular weight is 278 g/mol. The van der Waals surface area contributed by atoms with Crippen LogP contribution in [0.1, 0.15) is 32.1 Å².